The summed E-state index contributed by atoms with van der Waals surface area (Å²) in [5.74, 6) is 0.806. The third-order valence-electron chi connectivity index (χ3n) is 7.78. The monoisotopic (exact) mass is 523 g/mol. The largest absolute Gasteiger partial charge is 0.494 e. The summed E-state index contributed by atoms with van der Waals surface area (Å²) in [5.41, 5.74) is 5.25. The van der Waals surface area contributed by atoms with Gasteiger partial charge in [0.2, 0.25) is 11.9 Å². The molecule has 4 heterocycles. The summed E-state index contributed by atoms with van der Waals surface area (Å²) in [6.45, 7) is 6.76. The highest BCUT2D eigenvalue weighted by atomic mass is 16.5. The maximum Gasteiger partial charge on any atom is 0.247 e. The molecule has 0 spiro atoms. The number of rotatable bonds is 7. The molecule has 2 aromatic carbocycles. The van der Waals surface area contributed by atoms with E-state index in [0.717, 1.165) is 47.2 Å². The Morgan fingerprint density at radius 2 is 2.08 bits per heavy atom. The second kappa shape index (κ2) is 10.1. The zero-order valence-corrected chi connectivity index (χ0v) is 22.4. The fourth-order valence-electron chi connectivity index (χ4n) is 6.03. The summed E-state index contributed by atoms with van der Waals surface area (Å²) in [6, 6.07) is 15.3. The summed E-state index contributed by atoms with van der Waals surface area (Å²) >= 11 is 0. The molecule has 39 heavy (non-hydrogen) atoms. The lowest BCUT2D eigenvalue weighted by Crippen LogP contribution is -2.35. The number of amides is 1. The van der Waals surface area contributed by atoms with Gasteiger partial charge in [0.25, 0.3) is 0 Å². The van der Waals surface area contributed by atoms with E-state index in [2.05, 4.69) is 62.2 Å². The number of anilines is 4. The number of hydrogen-bond donors (Lipinski definition) is 3. The molecule has 0 bridgehead atoms. The van der Waals surface area contributed by atoms with Crippen LogP contribution < -0.4 is 25.6 Å². The van der Waals surface area contributed by atoms with Crippen LogP contribution in [-0.2, 0) is 11.8 Å². The van der Waals surface area contributed by atoms with Gasteiger partial charge in [0, 0.05) is 66.6 Å². The Balaban J connectivity index is 1.37. The van der Waals surface area contributed by atoms with Crippen LogP contribution in [0.2, 0.25) is 0 Å². The highest BCUT2D eigenvalue weighted by Crippen LogP contribution is 2.42. The van der Waals surface area contributed by atoms with E-state index in [-0.39, 0.29) is 5.91 Å². The molecule has 3 N–H and O–H groups in total. The normalized spacial score (nSPS) is 20.2. The highest BCUT2D eigenvalue weighted by molar-refractivity contribution is 6.02. The number of aryl methyl sites for hydroxylation is 1. The minimum Gasteiger partial charge on any atom is -0.494 e. The van der Waals surface area contributed by atoms with Gasteiger partial charge in [-0.05, 0) is 44.0 Å². The zero-order valence-electron chi connectivity index (χ0n) is 22.4. The minimum atomic E-state index is -0.268. The van der Waals surface area contributed by atoms with Gasteiger partial charge in [0.05, 0.1) is 29.9 Å². The number of nitrogens with zero attached hydrogens (tertiary/aromatic N) is 4. The molecule has 2 aliphatic rings. The number of para-hydroxylation sites is 1. The summed E-state index contributed by atoms with van der Waals surface area (Å²) in [7, 11) is 3.67. The zero-order chi connectivity index (χ0) is 27.1. The molecule has 9 heteroatoms. The van der Waals surface area contributed by atoms with Gasteiger partial charge in [-0.15, -0.1) is 0 Å². The molecule has 0 saturated carbocycles. The maximum absolute atomic E-state index is 12.4. The Labute approximate surface area is 227 Å². The topological polar surface area (TPSA) is 96.3 Å². The van der Waals surface area contributed by atoms with Gasteiger partial charge < -0.3 is 30.2 Å². The first-order valence-corrected chi connectivity index (χ1v) is 13.3. The van der Waals surface area contributed by atoms with E-state index in [1.54, 1.807) is 13.3 Å². The van der Waals surface area contributed by atoms with Gasteiger partial charge in [-0.1, -0.05) is 24.8 Å². The Bertz CT molecular complexity index is 1560. The van der Waals surface area contributed by atoms with Crippen LogP contribution in [0.5, 0.6) is 5.75 Å². The van der Waals surface area contributed by atoms with Crippen LogP contribution in [-0.4, -0.2) is 52.2 Å². The van der Waals surface area contributed by atoms with Gasteiger partial charge in [-0.25, -0.2) is 9.97 Å². The number of nitrogens with one attached hydrogen (secondary N) is 3. The van der Waals surface area contributed by atoms with E-state index >= 15 is 0 Å². The lowest BCUT2D eigenvalue weighted by atomic mass is 10.1. The second-order valence-corrected chi connectivity index (χ2v) is 10.3. The van der Waals surface area contributed by atoms with Crippen molar-refractivity contribution in [3.8, 4) is 17.0 Å². The van der Waals surface area contributed by atoms with Crippen molar-refractivity contribution in [1.82, 2.24) is 19.9 Å². The van der Waals surface area contributed by atoms with Crippen molar-refractivity contribution in [2.45, 2.75) is 37.9 Å². The molecule has 9 nitrogen and oxygen atoms in total. The number of methoxy groups -OCH3 is 1. The van der Waals surface area contributed by atoms with Crippen LogP contribution in [0.4, 0.5) is 23.0 Å². The number of carbonyl (C=O) groups excluding carboxylic acids is 1. The smallest absolute Gasteiger partial charge is 0.247 e. The molecule has 2 fully saturated rings. The van der Waals surface area contributed by atoms with E-state index in [1.165, 1.54) is 6.08 Å². The third kappa shape index (κ3) is 4.59. The van der Waals surface area contributed by atoms with Crippen LogP contribution in [0.15, 0.2) is 67.5 Å². The lowest BCUT2D eigenvalue weighted by Gasteiger charge is -2.29. The fourth-order valence-corrected chi connectivity index (χ4v) is 6.03. The van der Waals surface area contributed by atoms with Crippen molar-refractivity contribution in [2.75, 3.05) is 29.2 Å². The summed E-state index contributed by atoms with van der Waals surface area (Å²) < 4.78 is 7.91. The Kier molecular flexibility index (Phi) is 6.44. The van der Waals surface area contributed by atoms with E-state index < -0.39 is 0 Å². The van der Waals surface area contributed by atoms with Crippen LogP contribution in [0, 0.1) is 0 Å². The second-order valence-electron chi connectivity index (χ2n) is 10.3. The molecule has 0 aliphatic carbocycles. The first-order valence-electron chi connectivity index (χ1n) is 13.3. The van der Waals surface area contributed by atoms with Gasteiger partial charge >= 0.3 is 0 Å². The summed E-state index contributed by atoms with van der Waals surface area (Å²) in [6.07, 6.45) is 7.21. The number of ether oxygens (including phenoxy) is 1. The van der Waals surface area contributed by atoms with Crippen LogP contribution in [0.3, 0.4) is 0 Å². The molecule has 6 rings (SSSR count). The molecule has 4 aromatic rings. The first-order chi connectivity index (χ1) is 18.9. The quantitative estimate of drug-likeness (QED) is 0.298. The van der Waals surface area contributed by atoms with E-state index in [0.29, 0.717) is 41.2 Å². The molecule has 0 radical (unpaired) electrons. The Morgan fingerprint density at radius 3 is 2.90 bits per heavy atom. The van der Waals surface area contributed by atoms with Crippen molar-refractivity contribution >= 4 is 39.8 Å². The molecule has 1 unspecified atom stereocenters. The van der Waals surface area contributed by atoms with Crippen LogP contribution >= 0.6 is 0 Å². The minimum absolute atomic E-state index is 0.268. The molecule has 1 amide bonds. The van der Waals surface area contributed by atoms with E-state index in [9.17, 15) is 4.79 Å². The molecule has 2 aliphatic heterocycles. The van der Waals surface area contributed by atoms with Gasteiger partial charge in [0.1, 0.15) is 5.75 Å². The van der Waals surface area contributed by atoms with Gasteiger partial charge in [-0.2, -0.15) is 0 Å². The number of benzene rings is 2. The standard InChI is InChI=1S/C30H33N7O2/c1-5-29(38)33-23-15-24(28(39-4)16-27(23)37-13-11-22-26(37)14-18(2)32-22)35-30-31-12-10-21(34-30)20-17-36(3)25-9-7-6-8-19(20)25/h5-10,12,15-18,22,26,32H,1,11,13-14H2,2-4H3,(H,33,38)(H,31,34,35)/t18?,22-,26-/m1/s1. The van der Waals surface area contributed by atoms with Crippen molar-refractivity contribution in [2.24, 2.45) is 7.05 Å². The molecule has 2 aromatic heterocycles. The summed E-state index contributed by atoms with van der Waals surface area (Å²) in [4.78, 5) is 24.1. The predicted octanol–water partition coefficient (Wildman–Crippen LogP) is 4.84. The predicted molar refractivity (Wildman–Crippen MR) is 156 cm³/mol. The maximum atomic E-state index is 12.4. The van der Waals surface area contributed by atoms with E-state index in [4.69, 9.17) is 9.72 Å². The molecule has 2 saturated heterocycles. The van der Waals surface area contributed by atoms with Crippen molar-refractivity contribution in [3.63, 3.8) is 0 Å². The lowest BCUT2D eigenvalue weighted by molar-refractivity contribution is -0.111. The molecule has 3 atom stereocenters. The van der Waals surface area contributed by atoms with Crippen LogP contribution in [0.25, 0.3) is 22.2 Å². The highest BCUT2D eigenvalue weighted by Gasteiger charge is 2.41. The van der Waals surface area contributed by atoms with Crippen LogP contribution in [0.1, 0.15) is 19.8 Å². The molecule has 200 valence electrons. The Morgan fingerprint density at radius 1 is 1.23 bits per heavy atom. The third-order valence-corrected chi connectivity index (χ3v) is 7.78. The number of carbonyl (C=O) groups is 1. The number of hydrogen-bond acceptors (Lipinski definition) is 7. The van der Waals surface area contributed by atoms with Crippen molar-refractivity contribution in [1.29, 1.82) is 0 Å². The van der Waals surface area contributed by atoms with E-state index in [1.807, 2.05) is 37.4 Å². The van der Waals surface area contributed by atoms with Crippen molar-refractivity contribution < 1.29 is 9.53 Å². The molecular formula is C30H33N7O2. The van der Waals surface area contributed by atoms with Gasteiger partial charge in [0.15, 0.2) is 0 Å². The fraction of sp³-hybridized carbons (Fsp3) is 0.300. The molecular weight excluding hydrogens is 490 g/mol. The van der Waals surface area contributed by atoms with Crippen molar-refractivity contribution in [3.05, 3.63) is 67.5 Å². The first kappa shape index (κ1) is 24.9. The number of aromatic nitrogens is 3. The average molecular weight is 524 g/mol. The summed E-state index contributed by atoms with van der Waals surface area (Å²) in [5, 5.41) is 11.1. The Hall–Kier alpha value is -4.37. The number of fused-ring (bicyclic) bond motifs is 2. The average Bonchev–Trinajstić information content (AvgIpc) is 3.61. The van der Waals surface area contributed by atoms with Gasteiger partial charge in [-0.3, -0.25) is 4.79 Å². The SMILES string of the molecule is C=CC(=O)Nc1cc(Nc2nccc(-c3cn(C)c4ccccc34)n2)c(OC)cc1N1CC[C@H]2NC(C)C[C@H]21.